The second kappa shape index (κ2) is 9.19. The number of aromatic nitrogens is 1. The lowest BCUT2D eigenvalue weighted by Crippen LogP contribution is -2.26. The monoisotopic (exact) mass is 505 g/mol. The fraction of sp³-hybridized carbons (Fsp3) is 0.192. The van der Waals surface area contributed by atoms with Gasteiger partial charge in [-0.15, -0.1) is 0 Å². The number of carbonyl (C=O) groups is 1. The quantitative estimate of drug-likeness (QED) is 0.241. The molecular formula is C26H24BrN3O3. The predicted molar refractivity (Wildman–Crippen MR) is 134 cm³/mol. The number of hydrogen-bond acceptors (Lipinski definition) is 3. The van der Waals surface area contributed by atoms with Gasteiger partial charge in [-0.05, 0) is 67.8 Å². The van der Waals surface area contributed by atoms with Crippen LogP contribution in [0.2, 0.25) is 0 Å². The summed E-state index contributed by atoms with van der Waals surface area (Å²) in [6.45, 7) is 6.80. The number of halogens is 1. The lowest BCUT2D eigenvalue weighted by Gasteiger charge is -2.14. The van der Waals surface area contributed by atoms with Crippen LogP contribution in [0.5, 0.6) is 0 Å². The van der Waals surface area contributed by atoms with Crippen LogP contribution in [0.1, 0.15) is 45.7 Å². The topological polar surface area (TPSA) is 77.2 Å². The van der Waals surface area contributed by atoms with Crippen LogP contribution in [-0.4, -0.2) is 15.4 Å². The molecule has 0 aliphatic carbocycles. The lowest BCUT2D eigenvalue weighted by atomic mass is 10.1. The van der Waals surface area contributed by atoms with Crippen LogP contribution < -0.4 is 5.32 Å². The lowest BCUT2D eigenvalue weighted by molar-refractivity contribution is -0.384. The third-order valence-corrected chi connectivity index (χ3v) is 6.64. The zero-order valence-corrected chi connectivity index (χ0v) is 20.2. The van der Waals surface area contributed by atoms with Crippen molar-refractivity contribution in [3.05, 3.63) is 109 Å². The van der Waals surface area contributed by atoms with Crippen LogP contribution in [0.25, 0.3) is 10.9 Å². The molecule has 0 aliphatic heterocycles. The molecule has 1 atom stereocenters. The summed E-state index contributed by atoms with van der Waals surface area (Å²) in [6.07, 6.45) is 0. The van der Waals surface area contributed by atoms with E-state index in [1.165, 1.54) is 23.4 Å². The number of nitrogens with zero attached hydrogens (tertiary/aromatic N) is 2. The molecular weight excluding hydrogens is 482 g/mol. The summed E-state index contributed by atoms with van der Waals surface area (Å²) in [4.78, 5) is 23.4. The highest BCUT2D eigenvalue weighted by Crippen LogP contribution is 2.28. The van der Waals surface area contributed by atoms with Crippen LogP contribution >= 0.6 is 15.9 Å². The van der Waals surface area contributed by atoms with E-state index in [9.17, 15) is 14.9 Å². The Morgan fingerprint density at radius 2 is 1.73 bits per heavy atom. The van der Waals surface area contributed by atoms with E-state index in [0.29, 0.717) is 5.56 Å². The molecule has 6 nitrogen and oxygen atoms in total. The number of nitrogens with one attached hydrogen (secondary N) is 1. The maximum atomic E-state index is 12.9. The number of nitro benzene ring substituents is 1. The van der Waals surface area contributed by atoms with E-state index in [2.05, 4.69) is 51.8 Å². The van der Waals surface area contributed by atoms with Crippen molar-refractivity contribution in [2.24, 2.45) is 0 Å². The molecule has 0 radical (unpaired) electrons. The minimum Gasteiger partial charge on any atom is -0.346 e. The molecule has 0 saturated carbocycles. The largest absolute Gasteiger partial charge is 0.346 e. The first-order chi connectivity index (χ1) is 15.7. The molecule has 4 rings (SSSR count). The van der Waals surface area contributed by atoms with E-state index in [4.69, 9.17) is 0 Å². The number of non-ortho nitro benzene ring substituents is 1. The van der Waals surface area contributed by atoms with Gasteiger partial charge in [0.1, 0.15) is 0 Å². The van der Waals surface area contributed by atoms with Crippen LogP contribution in [0.15, 0.2) is 71.2 Å². The molecule has 0 spiro atoms. The Hall–Kier alpha value is -3.45. The molecule has 7 heteroatoms. The second-order valence-corrected chi connectivity index (χ2v) is 9.11. The highest BCUT2D eigenvalue weighted by molar-refractivity contribution is 9.10. The first-order valence-corrected chi connectivity index (χ1v) is 11.4. The van der Waals surface area contributed by atoms with Gasteiger partial charge in [0.25, 0.3) is 11.6 Å². The first kappa shape index (κ1) is 22.7. The maximum absolute atomic E-state index is 12.9. The van der Waals surface area contributed by atoms with Gasteiger partial charge in [-0.25, -0.2) is 0 Å². The highest BCUT2D eigenvalue weighted by atomic mass is 79.9. The number of benzene rings is 3. The zero-order valence-electron chi connectivity index (χ0n) is 18.6. The van der Waals surface area contributed by atoms with Crippen LogP contribution in [0.4, 0.5) is 5.69 Å². The van der Waals surface area contributed by atoms with Crippen molar-refractivity contribution >= 4 is 38.4 Å². The van der Waals surface area contributed by atoms with E-state index in [1.807, 2.05) is 37.3 Å². The summed E-state index contributed by atoms with van der Waals surface area (Å²) in [5, 5.41) is 14.9. The molecule has 0 saturated heterocycles. The Bertz CT molecular complexity index is 1340. The van der Waals surface area contributed by atoms with E-state index in [-0.39, 0.29) is 17.6 Å². The molecule has 1 heterocycles. The van der Waals surface area contributed by atoms with Gasteiger partial charge >= 0.3 is 0 Å². The van der Waals surface area contributed by atoms with Crippen molar-refractivity contribution in [3.63, 3.8) is 0 Å². The summed E-state index contributed by atoms with van der Waals surface area (Å²) in [5.74, 6) is -0.180. The van der Waals surface area contributed by atoms with Gasteiger partial charge in [-0.3, -0.25) is 14.9 Å². The molecule has 0 unspecified atom stereocenters. The van der Waals surface area contributed by atoms with Gasteiger partial charge in [-0.2, -0.15) is 0 Å². The summed E-state index contributed by atoms with van der Waals surface area (Å²) in [6, 6.07) is 20.0. The number of carbonyl (C=O) groups excluding carboxylic acids is 1. The SMILES string of the molecule is Cc1c(C)n(Cc2ccc(Br)cc2)c2ccc(C(=O)N[C@@H](C)c3ccc([N+](=O)[O-])cc3)cc12. The number of nitro groups is 1. The third kappa shape index (κ3) is 4.68. The van der Waals surface area contributed by atoms with Gasteiger partial charge in [0, 0.05) is 45.3 Å². The van der Waals surface area contributed by atoms with E-state index in [1.54, 1.807) is 12.1 Å². The fourth-order valence-electron chi connectivity index (χ4n) is 4.02. The minimum absolute atomic E-state index is 0.0289. The molecule has 1 N–H and O–H groups in total. The molecule has 0 fully saturated rings. The van der Waals surface area contributed by atoms with Gasteiger partial charge in [0.15, 0.2) is 0 Å². The Morgan fingerprint density at radius 3 is 2.36 bits per heavy atom. The Kier molecular flexibility index (Phi) is 6.33. The normalized spacial score (nSPS) is 12.0. The number of aryl methyl sites for hydroxylation is 1. The Morgan fingerprint density at radius 1 is 1.06 bits per heavy atom. The van der Waals surface area contributed by atoms with E-state index >= 15 is 0 Å². The van der Waals surface area contributed by atoms with Crippen molar-refractivity contribution in [1.82, 2.24) is 9.88 Å². The number of hydrogen-bond donors (Lipinski definition) is 1. The number of amides is 1. The van der Waals surface area contributed by atoms with E-state index in [0.717, 1.165) is 33.0 Å². The van der Waals surface area contributed by atoms with E-state index < -0.39 is 4.92 Å². The standard InChI is InChI=1S/C26H24BrN3O3/c1-16-18(3)29(15-19-4-9-22(27)10-5-19)25-13-8-21(14-24(16)25)26(31)28-17(2)20-6-11-23(12-7-20)30(32)33/h4-14,17H,15H2,1-3H3,(H,28,31)/t17-/m0/s1. The average molecular weight is 506 g/mol. The molecule has 3 aromatic carbocycles. The van der Waals surface area contributed by atoms with Crippen molar-refractivity contribution < 1.29 is 9.72 Å². The van der Waals surface area contributed by atoms with Crippen molar-refractivity contribution in [1.29, 1.82) is 0 Å². The summed E-state index contributed by atoms with van der Waals surface area (Å²) in [7, 11) is 0. The third-order valence-electron chi connectivity index (χ3n) is 6.11. The van der Waals surface area contributed by atoms with Crippen molar-refractivity contribution in [2.45, 2.75) is 33.4 Å². The molecule has 4 aromatic rings. The van der Waals surface area contributed by atoms with Crippen LogP contribution in [0, 0.1) is 24.0 Å². The molecule has 0 aliphatic rings. The van der Waals surface area contributed by atoms with Crippen LogP contribution in [0.3, 0.4) is 0 Å². The molecule has 168 valence electrons. The van der Waals surface area contributed by atoms with Crippen molar-refractivity contribution in [2.75, 3.05) is 0 Å². The average Bonchev–Trinajstić information content (AvgIpc) is 3.04. The van der Waals surface area contributed by atoms with Gasteiger partial charge in [0.2, 0.25) is 0 Å². The summed E-state index contributed by atoms with van der Waals surface area (Å²) < 4.78 is 3.32. The van der Waals surface area contributed by atoms with Gasteiger partial charge in [-0.1, -0.05) is 40.2 Å². The molecule has 33 heavy (non-hydrogen) atoms. The van der Waals surface area contributed by atoms with Crippen LogP contribution in [-0.2, 0) is 6.54 Å². The Balaban J connectivity index is 1.57. The number of fused-ring (bicyclic) bond motifs is 1. The molecule has 0 bridgehead atoms. The second-order valence-electron chi connectivity index (χ2n) is 8.20. The Labute approximate surface area is 200 Å². The first-order valence-electron chi connectivity index (χ1n) is 10.6. The van der Waals surface area contributed by atoms with Crippen molar-refractivity contribution in [3.8, 4) is 0 Å². The highest BCUT2D eigenvalue weighted by Gasteiger charge is 2.17. The van der Waals surface area contributed by atoms with Gasteiger partial charge < -0.3 is 9.88 Å². The smallest absolute Gasteiger partial charge is 0.269 e. The molecule has 1 amide bonds. The predicted octanol–water partition coefficient (Wildman–Crippen LogP) is 6.47. The summed E-state index contributed by atoms with van der Waals surface area (Å²) in [5.41, 5.74) is 6.04. The summed E-state index contributed by atoms with van der Waals surface area (Å²) >= 11 is 3.48. The fourth-order valence-corrected chi connectivity index (χ4v) is 4.28. The zero-order chi connectivity index (χ0) is 23.7. The molecule has 1 aromatic heterocycles. The number of rotatable bonds is 6. The maximum Gasteiger partial charge on any atom is 0.269 e. The van der Waals surface area contributed by atoms with Gasteiger partial charge in [0.05, 0.1) is 11.0 Å². The minimum atomic E-state index is -0.435.